The Morgan fingerprint density at radius 2 is 1.86 bits per heavy atom. The van der Waals surface area contributed by atoms with Gasteiger partial charge in [0.05, 0.1) is 29.2 Å². The fourth-order valence-electron chi connectivity index (χ4n) is 2.28. The molecule has 21 heavy (non-hydrogen) atoms. The first kappa shape index (κ1) is 14.5. The van der Waals surface area contributed by atoms with Crippen molar-refractivity contribution >= 4 is 0 Å². The first-order valence-electron chi connectivity index (χ1n) is 6.02. The molecule has 8 nitrogen and oxygen atoms in total. The van der Waals surface area contributed by atoms with Crippen LogP contribution in [0.4, 0.5) is 0 Å². The SMILES string of the molecule is COc1ccccc1[C@H]1C([N+](=O)[O-])=CC([N+](=O)[O-])=CN1C. The Balaban J connectivity index is 2.55. The lowest BCUT2D eigenvalue weighted by Gasteiger charge is -2.27. The lowest BCUT2D eigenvalue weighted by molar-refractivity contribution is -0.443. The fourth-order valence-corrected chi connectivity index (χ4v) is 2.28. The van der Waals surface area contributed by atoms with E-state index in [1.807, 2.05) is 0 Å². The summed E-state index contributed by atoms with van der Waals surface area (Å²) in [6.45, 7) is 0. The molecule has 1 heterocycles. The van der Waals surface area contributed by atoms with Gasteiger partial charge in [0.2, 0.25) is 0 Å². The lowest BCUT2D eigenvalue weighted by atomic mass is 9.99. The summed E-state index contributed by atoms with van der Waals surface area (Å²) < 4.78 is 5.22. The zero-order chi connectivity index (χ0) is 15.6. The molecule has 1 aromatic carbocycles. The van der Waals surface area contributed by atoms with Crippen LogP contribution < -0.4 is 4.74 Å². The average Bonchev–Trinajstić information content (AvgIpc) is 2.46. The molecular formula is C13H13N3O5. The molecule has 0 aliphatic carbocycles. The summed E-state index contributed by atoms with van der Waals surface area (Å²) in [5.41, 5.74) is -0.0179. The Morgan fingerprint density at radius 1 is 1.19 bits per heavy atom. The number of nitrogens with zero attached hydrogens (tertiary/aromatic N) is 3. The molecule has 1 aliphatic rings. The van der Waals surface area contributed by atoms with E-state index in [-0.39, 0.29) is 11.4 Å². The van der Waals surface area contributed by atoms with E-state index in [0.29, 0.717) is 11.3 Å². The third kappa shape index (κ3) is 2.69. The second kappa shape index (κ2) is 5.61. The van der Waals surface area contributed by atoms with Gasteiger partial charge < -0.3 is 9.64 Å². The maximum atomic E-state index is 11.3. The van der Waals surface area contributed by atoms with Gasteiger partial charge in [-0.3, -0.25) is 20.2 Å². The average molecular weight is 291 g/mol. The topological polar surface area (TPSA) is 98.8 Å². The maximum absolute atomic E-state index is 11.3. The minimum atomic E-state index is -0.750. The van der Waals surface area contributed by atoms with E-state index in [1.165, 1.54) is 18.2 Å². The highest BCUT2D eigenvalue weighted by Gasteiger charge is 2.37. The standard InChI is InChI=1S/C13H13N3O5/c1-14-8-9(15(17)18)7-11(16(19)20)13(14)10-5-3-4-6-12(10)21-2/h3-8,13H,1-2H3/t13-/m0/s1. The number of benzene rings is 1. The van der Waals surface area contributed by atoms with Crippen LogP contribution in [0, 0.1) is 20.2 Å². The van der Waals surface area contributed by atoms with E-state index in [9.17, 15) is 20.2 Å². The summed E-state index contributed by atoms with van der Waals surface area (Å²) in [7, 11) is 3.02. The first-order valence-corrected chi connectivity index (χ1v) is 6.02. The van der Waals surface area contributed by atoms with E-state index in [4.69, 9.17) is 4.74 Å². The minimum absolute atomic E-state index is 0.267. The number of likely N-dealkylation sites (N-methyl/N-ethyl adjacent to an activating group) is 1. The Kier molecular flexibility index (Phi) is 3.88. The van der Waals surface area contributed by atoms with Gasteiger partial charge in [0.25, 0.3) is 11.4 Å². The van der Waals surface area contributed by atoms with Crippen LogP contribution in [0.1, 0.15) is 11.6 Å². The molecule has 2 rings (SSSR count). The summed E-state index contributed by atoms with van der Waals surface area (Å²) in [6.07, 6.45) is 2.25. The van der Waals surface area contributed by atoms with Crippen molar-refractivity contribution in [3.8, 4) is 5.75 Å². The predicted octanol–water partition coefficient (Wildman–Crippen LogP) is 1.96. The highest BCUT2D eigenvalue weighted by atomic mass is 16.6. The van der Waals surface area contributed by atoms with Crippen LogP contribution in [-0.4, -0.2) is 28.9 Å². The van der Waals surface area contributed by atoms with E-state index in [0.717, 1.165) is 6.08 Å². The minimum Gasteiger partial charge on any atom is -0.496 e. The summed E-state index contributed by atoms with van der Waals surface area (Å²) in [6, 6.07) is 6.12. The smallest absolute Gasteiger partial charge is 0.291 e. The molecule has 8 heteroatoms. The van der Waals surface area contributed by atoms with Crippen molar-refractivity contribution in [2.45, 2.75) is 6.04 Å². The molecule has 1 atom stereocenters. The molecule has 0 aromatic heterocycles. The van der Waals surface area contributed by atoms with Crippen molar-refractivity contribution in [1.29, 1.82) is 0 Å². The number of hydrogen-bond donors (Lipinski definition) is 0. The van der Waals surface area contributed by atoms with Gasteiger partial charge >= 0.3 is 0 Å². The molecule has 0 saturated carbocycles. The molecule has 0 radical (unpaired) electrons. The van der Waals surface area contributed by atoms with Gasteiger partial charge in [-0.15, -0.1) is 0 Å². The molecule has 1 aliphatic heterocycles. The zero-order valence-electron chi connectivity index (χ0n) is 11.4. The molecule has 0 amide bonds. The number of rotatable bonds is 4. The third-order valence-corrected chi connectivity index (χ3v) is 3.17. The lowest BCUT2D eigenvalue weighted by Crippen LogP contribution is -2.29. The fraction of sp³-hybridized carbons (Fsp3) is 0.231. The number of para-hydroxylation sites is 1. The van der Waals surface area contributed by atoms with Crippen LogP contribution in [0.5, 0.6) is 5.75 Å². The molecule has 0 unspecified atom stereocenters. The van der Waals surface area contributed by atoms with Crippen LogP contribution in [0.2, 0.25) is 0 Å². The summed E-state index contributed by atoms with van der Waals surface area (Å²) >= 11 is 0. The van der Waals surface area contributed by atoms with E-state index < -0.39 is 15.9 Å². The van der Waals surface area contributed by atoms with Crippen LogP contribution >= 0.6 is 0 Å². The quantitative estimate of drug-likeness (QED) is 0.621. The van der Waals surface area contributed by atoms with Gasteiger partial charge in [-0.2, -0.15) is 0 Å². The Hall–Kier alpha value is -2.90. The van der Waals surface area contributed by atoms with Crippen molar-refractivity contribution in [2.75, 3.05) is 14.2 Å². The van der Waals surface area contributed by atoms with E-state index >= 15 is 0 Å². The largest absolute Gasteiger partial charge is 0.496 e. The van der Waals surface area contributed by atoms with Gasteiger partial charge in [-0.1, -0.05) is 18.2 Å². The molecule has 0 N–H and O–H groups in total. The van der Waals surface area contributed by atoms with Crippen molar-refractivity contribution in [3.63, 3.8) is 0 Å². The molecule has 0 spiro atoms. The Bertz CT molecular complexity index is 653. The van der Waals surface area contributed by atoms with Crippen LogP contribution in [0.25, 0.3) is 0 Å². The second-order valence-corrected chi connectivity index (χ2v) is 4.45. The van der Waals surface area contributed by atoms with E-state index in [2.05, 4.69) is 0 Å². The van der Waals surface area contributed by atoms with Crippen LogP contribution in [0.3, 0.4) is 0 Å². The molecule has 0 fully saturated rings. The normalized spacial score (nSPS) is 17.8. The zero-order valence-corrected chi connectivity index (χ0v) is 11.4. The van der Waals surface area contributed by atoms with Crippen molar-refractivity contribution < 1.29 is 14.6 Å². The maximum Gasteiger partial charge on any atom is 0.291 e. The van der Waals surface area contributed by atoms with Crippen LogP contribution in [0.15, 0.2) is 47.9 Å². The van der Waals surface area contributed by atoms with Gasteiger partial charge in [-0.25, -0.2) is 0 Å². The first-order chi connectivity index (χ1) is 9.95. The molecule has 1 aromatic rings. The number of allylic oxidation sites excluding steroid dienone is 1. The Labute approximate surface area is 120 Å². The van der Waals surface area contributed by atoms with Crippen LogP contribution in [-0.2, 0) is 0 Å². The van der Waals surface area contributed by atoms with Gasteiger partial charge in [0.1, 0.15) is 11.8 Å². The summed E-state index contributed by atoms with van der Waals surface area (Å²) in [5.74, 6) is 0.486. The highest BCUT2D eigenvalue weighted by molar-refractivity contribution is 5.41. The number of ether oxygens (including phenoxy) is 1. The van der Waals surface area contributed by atoms with Gasteiger partial charge in [-0.05, 0) is 6.07 Å². The summed E-state index contributed by atoms with van der Waals surface area (Å²) in [4.78, 5) is 22.3. The highest BCUT2D eigenvalue weighted by Crippen LogP contribution is 2.37. The molecule has 110 valence electrons. The van der Waals surface area contributed by atoms with Crippen molar-refractivity contribution in [1.82, 2.24) is 4.90 Å². The molecule has 0 saturated heterocycles. The van der Waals surface area contributed by atoms with Gasteiger partial charge in [0, 0.05) is 12.6 Å². The molecular weight excluding hydrogens is 278 g/mol. The number of methoxy groups -OCH3 is 1. The van der Waals surface area contributed by atoms with E-state index in [1.54, 1.807) is 31.3 Å². The molecule has 0 bridgehead atoms. The number of hydrogen-bond acceptors (Lipinski definition) is 6. The summed E-state index contributed by atoms with van der Waals surface area (Å²) in [5, 5.41) is 22.1. The monoisotopic (exact) mass is 291 g/mol. The second-order valence-electron chi connectivity index (χ2n) is 4.45. The predicted molar refractivity (Wildman–Crippen MR) is 73.7 cm³/mol. The van der Waals surface area contributed by atoms with Crippen molar-refractivity contribution in [3.05, 3.63) is 73.7 Å². The Morgan fingerprint density at radius 3 is 2.43 bits per heavy atom. The third-order valence-electron chi connectivity index (χ3n) is 3.17. The van der Waals surface area contributed by atoms with Gasteiger partial charge in [0.15, 0.2) is 0 Å². The number of nitro groups is 2. The van der Waals surface area contributed by atoms with Crippen molar-refractivity contribution in [2.24, 2.45) is 0 Å².